The lowest BCUT2D eigenvalue weighted by atomic mass is 9.99. The molecule has 7 heteroatoms. The zero-order valence-corrected chi connectivity index (χ0v) is 18.8. The smallest absolute Gasteiger partial charge is 0.258 e. The Kier molecular flexibility index (Phi) is 7.15. The van der Waals surface area contributed by atoms with E-state index in [1.807, 2.05) is 50.4 Å². The van der Waals surface area contributed by atoms with Crippen LogP contribution in [0.25, 0.3) is 0 Å². The number of nitrogens with zero attached hydrogens (tertiary/aromatic N) is 3. The quantitative estimate of drug-likeness (QED) is 0.740. The van der Waals surface area contributed by atoms with Gasteiger partial charge in [0.1, 0.15) is 17.1 Å². The number of amides is 2. The molecule has 1 aromatic carbocycles. The summed E-state index contributed by atoms with van der Waals surface area (Å²) < 4.78 is 5.49. The van der Waals surface area contributed by atoms with Crippen LogP contribution >= 0.6 is 0 Å². The highest BCUT2D eigenvalue weighted by molar-refractivity contribution is 5.91. The highest BCUT2D eigenvalue weighted by Crippen LogP contribution is 2.22. The molecule has 1 atom stereocenters. The van der Waals surface area contributed by atoms with E-state index in [-0.39, 0.29) is 24.5 Å². The number of aryl methyl sites for hydroxylation is 1. The highest BCUT2D eigenvalue weighted by atomic mass is 16.5. The van der Waals surface area contributed by atoms with E-state index >= 15 is 0 Å². The number of carbonyl (C=O) groups excluding carboxylic acids is 2. The van der Waals surface area contributed by atoms with E-state index in [4.69, 9.17) is 4.74 Å². The van der Waals surface area contributed by atoms with Gasteiger partial charge in [-0.3, -0.25) is 9.59 Å². The third-order valence-corrected chi connectivity index (χ3v) is 5.56. The number of nitrogens with one attached hydrogen (secondary N) is 1. The maximum Gasteiger partial charge on any atom is 0.258 e. The van der Waals surface area contributed by atoms with E-state index in [9.17, 15) is 9.59 Å². The van der Waals surface area contributed by atoms with Gasteiger partial charge in [-0.2, -0.15) is 0 Å². The summed E-state index contributed by atoms with van der Waals surface area (Å²) in [6.45, 7) is 6.95. The van der Waals surface area contributed by atoms with Gasteiger partial charge in [-0.25, -0.2) is 4.98 Å². The number of hydrogen-bond acceptors (Lipinski definition) is 5. The fourth-order valence-corrected chi connectivity index (χ4v) is 3.89. The molecule has 1 aromatic heterocycles. The minimum Gasteiger partial charge on any atom is -0.484 e. The topological polar surface area (TPSA) is 74.8 Å². The van der Waals surface area contributed by atoms with E-state index in [0.29, 0.717) is 5.75 Å². The third-order valence-electron chi connectivity index (χ3n) is 5.56. The molecule has 1 fully saturated rings. The average molecular weight is 425 g/mol. The van der Waals surface area contributed by atoms with Gasteiger partial charge in [-0.15, -0.1) is 0 Å². The lowest BCUT2D eigenvalue weighted by Gasteiger charge is -2.41. The molecule has 2 aromatic rings. The van der Waals surface area contributed by atoms with Gasteiger partial charge in [0.2, 0.25) is 5.91 Å². The van der Waals surface area contributed by atoms with Crippen molar-refractivity contribution in [3.05, 3.63) is 54.2 Å². The lowest BCUT2D eigenvalue weighted by molar-refractivity contribution is -0.141. The highest BCUT2D eigenvalue weighted by Gasteiger charge is 2.36. The van der Waals surface area contributed by atoms with Crippen molar-refractivity contribution < 1.29 is 14.3 Å². The molecule has 3 rings (SSSR count). The first-order chi connectivity index (χ1) is 14.8. The minimum absolute atomic E-state index is 0.0558. The normalized spacial score (nSPS) is 16.5. The average Bonchev–Trinajstić information content (AvgIpc) is 2.77. The molecule has 7 nitrogen and oxygen atoms in total. The number of ether oxygens (including phenoxy) is 1. The van der Waals surface area contributed by atoms with Crippen molar-refractivity contribution in [1.82, 2.24) is 15.2 Å². The number of rotatable bonds is 7. The standard InChI is InChI=1S/C24H32N4O3/c1-18-10-8-14-21(25-18)28-15-9-11-19(16-28)27(4)23(30)24(2,3)26-22(29)17-31-20-12-6-5-7-13-20/h5-8,10,12-14,19H,9,11,15-17H2,1-4H3,(H,26,29)/t19-/m1/s1. The van der Waals surface area contributed by atoms with Gasteiger partial charge in [-0.05, 0) is 57.9 Å². The Morgan fingerprint density at radius 3 is 2.65 bits per heavy atom. The van der Waals surface area contributed by atoms with Gasteiger partial charge in [0.15, 0.2) is 6.61 Å². The summed E-state index contributed by atoms with van der Waals surface area (Å²) >= 11 is 0. The second-order valence-corrected chi connectivity index (χ2v) is 8.57. The summed E-state index contributed by atoms with van der Waals surface area (Å²) in [5, 5.41) is 2.82. The molecule has 2 heterocycles. The van der Waals surface area contributed by atoms with E-state index in [2.05, 4.69) is 15.2 Å². The van der Waals surface area contributed by atoms with Crippen LogP contribution in [-0.2, 0) is 9.59 Å². The van der Waals surface area contributed by atoms with Crippen LogP contribution in [0.4, 0.5) is 5.82 Å². The molecule has 1 N–H and O–H groups in total. The second kappa shape index (κ2) is 9.81. The number of para-hydroxylation sites is 1. The van der Waals surface area contributed by atoms with Gasteiger partial charge in [0.05, 0.1) is 0 Å². The Morgan fingerprint density at radius 1 is 1.19 bits per heavy atom. The van der Waals surface area contributed by atoms with Gasteiger partial charge in [0, 0.05) is 31.9 Å². The molecule has 0 radical (unpaired) electrons. The molecule has 31 heavy (non-hydrogen) atoms. The zero-order chi connectivity index (χ0) is 22.4. The maximum absolute atomic E-state index is 13.2. The molecular weight excluding hydrogens is 392 g/mol. The zero-order valence-electron chi connectivity index (χ0n) is 18.8. The Balaban J connectivity index is 1.57. The number of carbonyl (C=O) groups is 2. The Morgan fingerprint density at radius 2 is 1.94 bits per heavy atom. The van der Waals surface area contributed by atoms with Crippen molar-refractivity contribution in [3.8, 4) is 5.75 Å². The fourth-order valence-electron chi connectivity index (χ4n) is 3.89. The van der Waals surface area contributed by atoms with Crippen molar-refractivity contribution in [3.63, 3.8) is 0 Å². The minimum atomic E-state index is -1.03. The molecule has 0 saturated carbocycles. The van der Waals surface area contributed by atoms with E-state index in [0.717, 1.165) is 37.4 Å². The van der Waals surface area contributed by atoms with E-state index < -0.39 is 5.54 Å². The van der Waals surface area contributed by atoms with Crippen molar-refractivity contribution in [2.24, 2.45) is 0 Å². The molecule has 1 aliphatic heterocycles. The third kappa shape index (κ3) is 5.96. The number of benzene rings is 1. The van der Waals surface area contributed by atoms with Crippen LogP contribution in [0.15, 0.2) is 48.5 Å². The number of hydrogen-bond donors (Lipinski definition) is 1. The number of likely N-dealkylation sites (N-methyl/N-ethyl adjacent to an activating group) is 1. The van der Waals surface area contributed by atoms with Crippen LogP contribution in [-0.4, -0.2) is 60.0 Å². The molecular formula is C24H32N4O3. The van der Waals surface area contributed by atoms with E-state index in [1.54, 1.807) is 30.9 Å². The van der Waals surface area contributed by atoms with E-state index in [1.165, 1.54) is 0 Å². The molecule has 0 spiro atoms. The first-order valence-corrected chi connectivity index (χ1v) is 10.7. The molecule has 0 unspecified atom stereocenters. The summed E-state index contributed by atoms with van der Waals surface area (Å²) in [5.74, 6) is 1.11. The second-order valence-electron chi connectivity index (χ2n) is 8.57. The van der Waals surface area contributed by atoms with Crippen molar-refractivity contribution >= 4 is 17.6 Å². The van der Waals surface area contributed by atoms with Gasteiger partial charge >= 0.3 is 0 Å². The molecule has 1 saturated heterocycles. The lowest BCUT2D eigenvalue weighted by Crippen LogP contribution is -2.59. The fraction of sp³-hybridized carbons (Fsp3) is 0.458. The largest absolute Gasteiger partial charge is 0.484 e. The van der Waals surface area contributed by atoms with Crippen molar-refractivity contribution in [1.29, 1.82) is 0 Å². The summed E-state index contributed by atoms with van der Waals surface area (Å²) in [4.78, 5) is 34.2. The van der Waals surface area contributed by atoms with Crippen molar-refractivity contribution in [2.45, 2.75) is 45.2 Å². The molecule has 1 aliphatic rings. The number of piperidine rings is 1. The first kappa shape index (κ1) is 22.6. The number of aromatic nitrogens is 1. The Bertz CT molecular complexity index is 901. The summed E-state index contributed by atoms with van der Waals surface area (Å²) in [5.41, 5.74) is -0.0546. The summed E-state index contributed by atoms with van der Waals surface area (Å²) in [7, 11) is 1.81. The predicted octanol–water partition coefficient (Wildman–Crippen LogP) is 2.79. The van der Waals surface area contributed by atoms with Crippen molar-refractivity contribution in [2.75, 3.05) is 31.6 Å². The molecule has 0 aliphatic carbocycles. The SMILES string of the molecule is Cc1cccc(N2CCC[C@@H](N(C)C(=O)C(C)(C)NC(=O)COc3ccccc3)C2)n1. The monoisotopic (exact) mass is 424 g/mol. The van der Waals surface area contributed by atoms with Gasteiger partial charge in [0.25, 0.3) is 5.91 Å². The number of pyridine rings is 1. The van der Waals surface area contributed by atoms with Gasteiger partial charge < -0.3 is 19.9 Å². The van der Waals surface area contributed by atoms with Crippen LogP contribution in [0.3, 0.4) is 0 Å². The molecule has 166 valence electrons. The van der Waals surface area contributed by atoms with Crippen LogP contribution in [0.5, 0.6) is 5.75 Å². The first-order valence-electron chi connectivity index (χ1n) is 10.7. The summed E-state index contributed by atoms with van der Waals surface area (Å²) in [6, 6.07) is 15.2. The maximum atomic E-state index is 13.2. The Hall–Kier alpha value is -3.09. The van der Waals surface area contributed by atoms with Crippen LogP contribution in [0.2, 0.25) is 0 Å². The predicted molar refractivity (Wildman–Crippen MR) is 121 cm³/mol. The Labute approximate surface area is 184 Å². The van der Waals surface area contributed by atoms with Crippen LogP contribution in [0.1, 0.15) is 32.4 Å². The molecule has 0 bridgehead atoms. The van der Waals surface area contributed by atoms with Crippen LogP contribution in [0, 0.1) is 6.92 Å². The van der Waals surface area contributed by atoms with Crippen LogP contribution < -0.4 is 15.0 Å². The molecule has 2 amide bonds. The summed E-state index contributed by atoms with van der Waals surface area (Å²) in [6.07, 6.45) is 1.90. The number of anilines is 1. The van der Waals surface area contributed by atoms with Gasteiger partial charge in [-0.1, -0.05) is 24.3 Å².